The standard InChI is InChI=1S/C28H36N4O2/c1-23(21-27(33)25-9-5-3-6-10-25)29-13-15-31-17-19-32(20-18-31)16-14-30-24(2)22-28(34)26-11-7-4-8-12-26/h3-12H,13-22H2,1-2H3. The lowest BCUT2D eigenvalue weighted by Gasteiger charge is -2.34. The van der Waals surface area contributed by atoms with Gasteiger partial charge in [-0.15, -0.1) is 0 Å². The second-order valence-electron chi connectivity index (χ2n) is 8.85. The van der Waals surface area contributed by atoms with E-state index in [1.807, 2.05) is 74.5 Å². The number of aliphatic imine (C=N–C) groups is 2. The van der Waals surface area contributed by atoms with Crippen LogP contribution in [0, 0.1) is 0 Å². The summed E-state index contributed by atoms with van der Waals surface area (Å²) in [6.45, 7) is 11.3. The van der Waals surface area contributed by atoms with Gasteiger partial charge in [0.05, 0.1) is 13.1 Å². The van der Waals surface area contributed by atoms with Gasteiger partial charge in [0, 0.05) is 74.7 Å². The van der Waals surface area contributed by atoms with Crippen molar-refractivity contribution in [3.05, 3.63) is 71.8 Å². The number of carbonyl (C=O) groups excluding carboxylic acids is 2. The fraction of sp³-hybridized carbons (Fsp3) is 0.429. The van der Waals surface area contributed by atoms with Crippen molar-refractivity contribution >= 4 is 23.0 Å². The molecular weight excluding hydrogens is 424 g/mol. The monoisotopic (exact) mass is 460 g/mol. The van der Waals surface area contributed by atoms with Gasteiger partial charge in [-0.2, -0.15) is 0 Å². The van der Waals surface area contributed by atoms with E-state index in [1.165, 1.54) is 0 Å². The molecule has 0 unspecified atom stereocenters. The van der Waals surface area contributed by atoms with Crippen molar-refractivity contribution in [2.75, 3.05) is 52.4 Å². The first-order valence-corrected chi connectivity index (χ1v) is 12.1. The molecule has 1 saturated heterocycles. The normalized spacial score (nSPS) is 15.9. The Kier molecular flexibility index (Phi) is 10.3. The Bertz CT molecular complexity index is 896. The van der Waals surface area contributed by atoms with Crippen LogP contribution in [0.5, 0.6) is 0 Å². The summed E-state index contributed by atoms with van der Waals surface area (Å²) in [6.07, 6.45) is 0.767. The molecule has 6 nitrogen and oxygen atoms in total. The third-order valence-corrected chi connectivity index (χ3v) is 6.09. The fourth-order valence-corrected chi connectivity index (χ4v) is 4.03. The highest BCUT2D eigenvalue weighted by atomic mass is 16.1. The molecule has 2 aromatic carbocycles. The number of carbonyl (C=O) groups is 2. The largest absolute Gasteiger partial charge is 0.299 e. The van der Waals surface area contributed by atoms with Gasteiger partial charge in [0.2, 0.25) is 0 Å². The van der Waals surface area contributed by atoms with Crippen molar-refractivity contribution in [1.82, 2.24) is 9.80 Å². The summed E-state index contributed by atoms with van der Waals surface area (Å²) in [5, 5.41) is 0. The second-order valence-corrected chi connectivity index (χ2v) is 8.85. The molecule has 1 fully saturated rings. The smallest absolute Gasteiger partial charge is 0.168 e. The molecule has 1 heterocycles. The summed E-state index contributed by atoms with van der Waals surface area (Å²) in [7, 11) is 0. The van der Waals surface area contributed by atoms with Crippen LogP contribution in [-0.2, 0) is 0 Å². The van der Waals surface area contributed by atoms with E-state index in [-0.39, 0.29) is 11.6 Å². The molecule has 0 aromatic heterocycles. The molecule has 34 heavy (non-hydrogen) atoms. The molecule has 1 aliphatic rings. The summed E-state index contributed by atoms with van der Waals surface area (Å²) in [6, 6.07) is 18.8. The van der Waals surface area contributed by atoms with Gasteiger partial charge in [0.1, 0.15) is 0 Å². The van der Waals surface area contributed by atoms with Crippen molar-refractivity contribution in [2.24, 2.45) is 9.98 Å². The Morgan fingerprint density at radius 1 is 0.647 bits per heavy atom. The number of hydrogen-bond acceptors (Lipinski definition) is 6. The third kappa shape index (κ3) is 8.76. The molecule has 0 atom stereocenters. The van der Waals surface area contributed by atoms with Crippen molar-refractivity contribution in [2.45, 2.75) is 26.7 Å². The summed E-state index contributed by atoms with van der Waals surface area (Å²) < 4.78 is 0. The van der Waals surface area contributed by atoms with Gasteiger partial charge < -0.3 is 0 Å². The Morgan fingerprint density at radius 2 is 1.00 bits per heavy atom. The van der Waals surface area contributed by atoms with E-state index in [0.29, 0.717) is 12.8 Å². The van der Waals surface area contributed by atoms with E-state index in [0.717, 1.165) is 74.9 Å². The minimum atomic E-state index is 0.123. The highest BCUT2D eigenvalue weighted by molar-refractivity contribution is 6.09. The Balaban J connectivity index is 1.30. The van der Waals surface area contributed by atoms with E-state index < -0.39 is 0 Å². The van der Waals surface area contributed by atoms with Gasteiger partial charge in [-0.1, -0.05) is 60.7 Å². The zero-order valence-corrected chi connectivity index (χ0v) is 20.4. The lowest BCUT2D eigenvalue weighted by molar-refractivity contribution is 0.0992. The number of piperazine rings is 1. The van der Waals surface area contributed by atoms with Gasteiger partial charge in [-0.05, 0) is 13.8 Å². The minimum absolute atomic E-state index is 0.123. The van der Waals surface area contributed by atoms with Gasteiger partial charge in [-0.3, -0.25) is 29.4 Å². The average molecular weight is 461 g/mol. The maximum atomic E-state index is 12.3. The Hall–Kier alpha value is -2.96. The van der Waals surface area contributed by atoms with Crippen LogP contribution in [0.15, 0.2) is 70.6 Å². The zero-order valence-electron chi connectivity index (χ0n) is 20.4. The zero-order chi connectivity index (χ0) is 24.2. The topological polar surface area (TPSA) is 65.3 Å². The molecule has 1 aliphatic heterocycles. The van der Waals surface area contributed by atoms with E-state index in [4.69, 9.17) is 0 Å². The molecule has 2 aromatic rings. The van der Waals surface area contributed by atoms with Gasteiger partial charge >= 0.3 is 0 Å². The van der Waals surface area contributed by atoms with Crippen LogP contribution in [0.4, 0.5) is 0 Å². The first-order valence-electron chi connectivity index (χ1n) is 12.1. The van der Waals surface area contributed by atoms with E-state index >= 15 is 0 Å². The van der Waals surface area contributed by atoms with Crippen LogP contribution in [0.3, 0.4) is 0 Å². The molecule has 0 spiro atoms. The molecule has 0 saturated carbocycles. The van der Waals surface area contributed by atoms with Crippen molar-refractivity contribution < 1.29 is 9.59 Å². The fourth-order valence-electron chi connectivity index (χ4n) is 4.03. The van der Waals surface area contributed by atoms with E-state index in [1.54, 1.807) is 0 Å². The van der Waals surface area contributed by atoms with Crippen LogP contribution >= 0.6 is 0 Å². The molecule has 0 aliphatic carbocycles. The number of ketones is 2. The van der Waals surface area contributed by atoms with Crippen LogP contribution in [0.1, 0.15) is 47.4 Å². The quantitative estimate of drug-likeness (QED) is 0.354. The number of benzene rings is 2. The van der Waals surface area contributed by atoms with E-state index in [2.05, 4.69) is 19.8 Å². The molecule has 0 N–H and O–H groups in total. The minimum Gasteiger partial charge on any atom is -0.299 e. The number of rotatable bonds is 12. The molecule has 6 heteroatoms. The third-order valence-electron chi connectivity index (χ3n) is 6.09. The number of nitrogens with zero attached hydrogens (tertiary/aromatic N) is 4. The maximum Gasteiger partial charge on any atom is 0.168 e. The highest BCUT2D eigenvalue weighted by Crippen LogP contribution is 2.06. The first-order chi connectivity index (χ1) is 16.5. The first kappa shape index (κ1) is 25.7. The Morgan fingerprint density at radius 3 is 1.35 bits per heavy atom. The molecule has 0 radical (unpaired) electrons. The van der Waals surface area contributed by atoms with Gasteiger partial charge in [0.15, 0.2) is 11.6 Å². The lowest BCUT2D eigenvalue weighted by Crippen LogP contribution is -2.47. The number of Topliss-reactive ketones (excluding diaryl/α,β-unsaturated/α-hetero) is 2. The van der Waals surface area contributed by atoms with Gasteiger partial charge in [-0.25, -0.2) is 0 Å². The van der Waals surface area contributed by atoms with Crippen LogP contribution in [0.25, 0.3) is 0 Å². The predicted octanol–water partition coefficient (Wildman–Crippen LogP) is 4.07. The van der Waals surface area contributed by atoms with Gasteiger partial charge in [0.25, 0.3) is 0 Å². The summed E-state index contributed by atoms with van der Waals surface area (Å²) in [5.41, 5.74) is 3.28. The molecule has 3 rings (SSSR count). The summed E-state index contributed by atoms with van der Waals surface area (Å²) >= 11 is 0. The Labute approximate surface area is 203 Å². The SMILES string of the molecule is CC(CC(=O)c1ccccc1)=NCCN1CCN(CCN=C(C)CC(=O)c2ccccc2)CC1. The maximum absolute atomic E-state index is 12.3. The molecule has 0 bridgehead atoms. The average Bonchev–Trinajstić information content (AvgIpc) is 2.86. The van der Waals surface area contributed by atoms with Crippen LogP contribution in [0.2, 0.25) is 0 Å². The highest BCUT2D eigenvalue weighted by Gasteiger charge is 2.16. The van der Waals surface area contributed by atoms with Crippen molar-refractivity contribution in [3.63, 3.8) is 0 Å². The van der Waals surface area contributed by atoms with E-state index in [9.17, 15) is 9.59 Å². The predicted molar refractivity (Wildman–Crippen MR) is 140 cm³/mol. The summed E-state index contributed by atoms with van der Waals surface area (Å²) in [4.78, 5) is 38.6. The van der Waals surface area contributed by atoms with Crippen LogP contribution in [-0.4, -0.2) is 85.1 Å². The van der Waals surface area contributed by atoms with Crippen molar-refractivity contribution in [3.8, 4) is 0 Å². The molecule has 0 amide bonds. The summed E-state index contributed by atoms with van der Waals surface area (Å²) in [5.74, 6) is 0.246. The van der Waals surface area contributed by atoms with Crippen LogP contribution < -0.4 is 0 Å². The van der Waals surface area contributed by atoms with Crippen molar-refractivity contribution in [1.29, 1.82) is 0 Å². The lowest BCUT2D eigenvalue weighted by atomic mass is 10.1. The second kappa shape index (κ2) is 13.7. The molecular formula is C28H36N4O2. The molecule has 180 valence electrons. The number of hydrogen-bond donors (Lipinski definition) is 0.